The number of aromatic nitrogens is 2. The van der Waals surface area contributed by atoms with Crippen molar-refractivity contribution >= 4 is 40.2 Å². The molecule has 0 unspecified atom stereocenters. The molecule has 0 spiro atoms. The number of piperazine rings is 1. The molecule has 1 aliphatic rings. The van der Waals surface area contributed by atoms with Crippen molar-refractivity contribution in [2.24, 2.45) is 0 Å². The highest BCUT2D eigenvalue weighted by Gasteiger charge is 2.29. The minimum atomic E-state index is -0.380. The monoisotopic (exact) mass is 537 g/mol. The number of thiophene rings is 1. The molecule has 2 N–H and O–H groups in total. The van der Waals surface area contributed by atoms with Crippen LogP contribution in [0.3, 0.4) is 0 Å². The van der Waals surface area contributed by atoms with Crippen LogP contribution in [-0.4, -0.2) is 53.0 Å². The van der Waals surface area contributed by atoms with E-state index in [9.17, 15) is 4.79 Å². The fraction of sp³-hybridized carbons (Fsp3) is 0.286. The smallest absolute Gasteiger partial charge is 0.256 e. The number of anilines is 2. The van der Waals surface area contributed by atoms with Crippen molar-refractivity contribution in [2.75, 3.05) is 30.4 Å². The first-order valence-electron chi connectivity index (χ1n) is 12.2. The lowest BCUT2D eigenvalue weighted by Crippen LogP contribution is -2.55. The Morgan fingerprint density at radius 2 is 1.95 bits per heavy atom. The van der Waals surface area contributed by atoms with E-state index >= 15 is 4.39 Å². The molecule has 2 aromatic carbocycles. The van der Waals surface area contributed by atoms with Crippen molar-refractivity contribution in [3.63, 3.8) is 0 Å². The maximum atomic E-state index is 15.5. The summed E-state index contributed by atoms with van der Waals surface area (Å²) in [4.78, 5) is 26.4. The van der Waals surface area contributed by atoms with Gasteiger partial charge in [-0.1, -0.05) is 17.7 Å². The Bertz CT molecular complexity index is 1420. The third kappa shape index (κ3) is 5.01. The fourth-order valence-electron chi connectivity index (χ4n) is 4.76. The summed E-state index contributed by atoms with van der Waals surface area (Å²) in [5.41, 5.74) is 3.27. The fourth-order valence-corrected chi connectivity index (χ4v) is 5.66. The number of imidazole rings is 1. The van der Waals surface area contributed by atoms with Gasteiger partial charge in [-0.3, -0.25) is 9.69 Å². The number of rotatable bonds is 5. The maximum absolute atomic E-state index is 15.5. The van der Waals surface area contributed by atoms with Crippen LogP contribution < -0.4 is 10.2 Å². The summed E-state index contributed by atoms with van der Waals surface area (Å²) in [5, 5.41) is 5.40. The van der Waals surface area contributed by atoms with Gasteiger partial charge in [0.1, 0.15) is 11.6 Å². The molecule has 4 aromatic rings. The molecule has 2 atom stereocenters. The number of aromatic amines is 1. The van der Waals surface area contributed by atoms with Gasteiger partial charge in [-0.25, -0.2) is 9.37 Å². The molecule has 0 radical (unpaired) electrons. The number of benzene rings is 2. The van der Waals surface area contributed by atoms with Gasteiger partial charge in [-0.05, 0) is 75.2 Å². The Kier molecular flexibility index (Phi) is 7.07. The third-order valence-electron chi connectivity index (χ3n) is 7.15. The summed E-state index contributed by atoms with van der Waals surface area (Å²) in [6.45, 7) is 7.40. The number of carbonyl (C=O) groups is 1. The van der Waals surface area contributed by atoms with E-state index in [4.69, 9.17) is 11.6 Å². The van der Waals surface area contributed by atoms with E-state index in [-0.39, 0.29) is 11.7 Å². The average Bonchev–Trinajstić information content (AvgIpc) is 3.57. The highest BCUT2D eigenvalue weighted by atomic mass is 35.5. The molecule has 37 heavy (non-hydrogen) atoms. The van der Waals surface area contributed by atoms with E-state index in [1.807, 2.05) is 17.5 Å². The Morgan fingerprint density at radius 3 is 2.65 bits per heavy atom. The lowest BCUT2D eigenvalue weighted by molar-refractivity contribution is 0.102. The van der Waals surface area contributed by atoms with Crippen molar-refractivity contribution in [3.05, 3.63) is 76.0 Å². The van der Waals surface area contributed by atoms with Crippen molar-refractivity contribution < 1.29 is 9.18 Å². The first-order valence-corrected chi connectivity index (χ1v) is 13.4. The van der Waals surface area contributed by atoms with E-state index in [0.717, 1.165) is 23.7 Å². The number of H-pyrrole nitrogens is 1. The SMILES string of the molecule is Cc1c(C(=O)Nc2ccc(Cl)c(-c3ncc(-c4cccs4)[nH]3)c2)ccc(N2C[C@@H](C)N(C)[C@@H](C)C2)c1F. The molecular weight excluding hydrogens is 509 g/mol. The number of hydrogen-bond acceptors (Lipinski definition) is 5. The van der Waals surface area contributed by atoms with E-state index in [0.29, 0.717) is 51.0 Å². The Balaban J connectivity index is 1.36. The lowest BCUT2D eigenvalue weighted by Gasteiger charge is -2.43. The minimum Gasteiger partial charge on any atom is -0.366 e. The summed E-state index contributed by atoms with van der Waals surface area (Å²) >= 11 is 8.07. The number of halogens is 2. The summed E-state index contributed by atoms with van der Waals surface area (Å²) < 4.78 is 15.5. The summed E-state index contributed by atoms with van der Waals surface area (Å²) in [5.74, 6) is -0.133. The first kappa shape index (κ1) is 25.4. The molecule has 0 bridgehead atoms. The number of nitrogens with one attached hydrogen (secondary N) is 2. The lowest BCUT2D eigenvalue weighted by atomic mass is 10.0. The zero-order valence-corrected chi connectivity index (χ0v) is 22.8. The zero-order valence-electron chi connectivity index (χ0n) is 21.2. The second-order valence-electron chi connectivity index (χ2n) is 9.61. The molecule has 192 valence electrons. The van der Waals surface area contributed by atoms with Gasteiger partial charge < -0.3 is 15.2 Å². The molecule has 9 heteroatoms. The molecule has 1 saturated heterocycles. The number of likely N-dealkylation sites (N-methyl/N-ethyl adjacent to an activating group) is 1. The number of hydrogen-bond donors (Lipinski definition) is 2. The number of carbonyl (C=O) groups excluding carboxylic acids is 1. The second kappa shape index (κ2) is 10.3. The Hall–Kier alpha value is -3.20. The highest BCUT2D eigenvalue weighted by molar-refractivity contribution is 7.13. The van der Waals surface area contributed by atoms with Gasteiger partial charge in [-0.15, -0.1) is 11.3 Å². The molecular formula is C28H29ClFN5OS. The zero-order chi connectivity index (χ0) is 26.3. The second-order valence-corrected chi connectivity index (χ2v) is 11.0. The maximum Gasteiger partial charge on any atom is 0.256 e. The molecule has 0 saturated carbocycles. The van der Waals surface area contributed by atoms with Crippen molar-refractivity contribution in [2.45, 2.75) is 32.9 Å². The largest absolute Gasteiger partial charge is 0.366 e. The molecule has 2 aromatic heterocycles. The van der Waals surface area contributed by atoms with E-state index < -0.39 is 0 Å². The summed E-state index contributed by atoms with van der Waals surface area (Å²) in [7, 11) is 2.10. The normalized spacial score (nSPS) is 18.3. The predicted octanol–water partition coefficient (Wildman–Crippen LogP) is 6.69. The molecule has 0 aliphatic carbocycles. The standard InChI is InChI=1S/C28H29ClFN5OS/c1-16-14-35(15-17(2)34(16)4)24-10-8-20(18(3)26(24)30)28(36)32-19-7-9-22(29)21(12-19)27-31-13-23(33-27)25-6-5-11-37-25/h5-13,16-17H,14-15H2,1-4H3,(H,31,33)(H,32,36)/t16-,17+. The minimum absolute atomic E-state index is 0.297. The topological polar surface area (TPSA) is 64.3 Å². The van der Waals surface area contributed by atoms with Crippen molar-refractivity contribution in [3.8, 4) is 22.0 Å². The van der Waals surface area contributed by atoms with Gasteiger partial charge in [0.05, 0.1) is 27.5 Å². The van der Waals surface area contributed by atoms with Crippen LogP contribution in [0.15, 0.2) is 54.0 Å². The Morgan fingerprint density at radius 1 is 1.19 bits per heavy atom. The van der Waals surface area contributed by atoms with Gasteiger partial charge in [-0.2, -0.15) is 0 Å². The Labute approximate surface area is 225 Å². The van der Waals surface area contributed by atoms with E-state index in [1.54, 1.807) is 54.8 Å². The molecule has 1 fully saturated rings. The van der Waals surface area contributed by atoms with Crippen molar-refractivity contribution in [1.82, 2.24) is 14.9 Å². The van der Waals surface area contributed by atoms with E-state index in [1.165, 1.54) is 0 Å². The molecule has 1 aliphatic heterocycles. The van der Waals surface area contributed by atoms with Gasteiger partial charge in [0.25, 0.3) is 5.91 Å². The van der Waals surface area contributed by atoms with Gasteiger partial charge >= 0.3 is 0 Å². The quantitative estimate of drug-likeness (QED) is 0.298. The van der Waals surface area contributed by atoms with Crippen LogP contribution in [0.1, 0.15) is 29.8 Å². The van der Waals surface area contributed by atoms with Crippen LogP contribution in [0.5, 0.6) is 0 Å². The predicted molar refractivity (Wildman–Crippen MR) is 150 cm³/mol. The first-order chi connectivity index (χ1) is 17.7. The molecule has 3 heterocycles. The van der Waals surface area contributed by atoms with Crippen molar-refractivity contribution in [1.29, 1.82) is 0 Å². The number of amides is 1. The molecule has 6 nitrogen and oxygen atoms in total. The van der Waals surface area contributed by atoms with Gasteiger partial charge in [0.15, 0.2) is 0 Å². The highest BCUT2D eigenvalue weighted by Crippen LogP contribution is 2.32. The molecule has 1 amide bonds. The summed E-state index contributed by atoms with van der Waals surface area (Å²) in [6, 6.07) is 13.2. The average molecular weight is 538 g/mol. The van der Waals surface area contributed by atoms with Crippen LogP contribution in [-0.2, 0) is 0 Å². The van der Waals surface area contributed by atoms with Gasteiger partial charge in [0, 0.05) is 42.0 Å². The molecule has 5 rings (SSSR count). The van der Waals surface area contributed by atoms with E-state index in [2.05, 4.69) is 46.0 Å². The van der Waals surface area contributed by atoms with Crippen LogP contribution in [0.4, 0.5) is 15.8 Å². The van der Waals surface area contributed by atoms with Crippen LogP contribution in [0.2, 0.25) is 5.02 Å². The van der Waals surface area contributed by atoms with Crippen LogP contribution in [0, 0.1) is 12.7 Å². The number of nitrogens with zero attached hydrogens (tertiary/aromatic N) is 3. The third-order valence-corrected chi connectivity index (χ3v) is 8.39. The summed E-state index contributed by atoms with van der Waals surface area (Å²) in [6.07, 6.45) is 1.76. The van der Waals surface area contributed by atoms with Crippen LogP contribution >= 0.6 is 22.9 Å². The van der Waals surface area contributed by atoms with Crippen LogP contribution in [0.25, 0.3) is 22.0 Å². The van der Waals surface area contributed by atoms with Gasteiger partial charge in [0.2, 0.25) is 0 Å².